The first-order valence-electron chi connectivity index (χ1n) is 18.9. The fraction of sp³-hybridized carbons (Fsp3) is 0.0192. The summed E-state index contributed by atoms with van der Waals surface area (Å²) < 4.78 is 6.34. The topological polar surface area (TPSA) is 51.8 Å². The molecule has 10 aromatic rings. The highest BCUT2D eigenvalue weighted by atomic mass is 16.3. The van der Waals surface area contributed by atoms with Gasteiger partial charge in [0.25, 0.3) is 0 Å². The Bertz CT molecular complexity index is 3040. The number of hydrogen-bond donors (Lipinski definition) is 0. The third-order valence-electron chi connectivity index (χ3n) is 11.2. The van der Waals surface area contributed by atoms with Gasteiger partial charge in [0.15, 0.2) is 17.5 Å². The van der Waals surface area contributed by atoms with Crippen molar-refractivity contribution in [3.63, 3.8) is 0 Å². The van der Waals surface area contributed by atoms with E-state index in [9.17, 15) is 0 Å². The Kier molecular flexibility index (Phi) is 7.36. The summed E-state index contributed by atoms with van der Waals surface area (Å²) in [5.41, 5.74) is 13.2. The summed E-state index contributed by atoms with van der Waals surface area (Å²) >= 11 is 0. The minimum absolute atomic E-state index is 0.542. The van der Waals surface area contributed by atoms with Crippen LogP contribution in [0.4, 0.5) is 0 Å². The largest absolute Gasteiger partial charge is 0.456 e. The number of furan rings is 1. The third kappa shape index (κ3) is 4.96. The van der Waals surface area contributed by atoms with Gasteiger partial charge in [-0.25, -0.2) is 15.0 Å². The van der Waals surface area contributed by atoms with Crippen LogP contribution in [0.3, 0.4) is 0 Å². The van der Waals surface area contributed by atoms with Crippen LogP contribution >= 0.6 is 0 Å². The lowest BCUT2D eigenvalue weighted by molar-refractivity contribution is 0.669. The Morgan fingerprint density at radius 2 is 0.875 bits per heavy atom. The molecule has 0 fully saturated rings. The zero-order valence-electron chi connectivity index (χ0n) is 30.3. The zero-order chi connectivity index (χ0) is 37.1. The van der Waals surface area contributed by atoms with Gasteiger partial charge < -0.3 is 4.42 Å². The van der Waals surface area contributed by atoms with Crippen LogP contribution in [0.25, 0.3) is 78.4 Å². The van der Waals surface area contributed by atoms with E-state index in [2.05, 4.69) is 176 Å². The molecule has 0 spiro atoms. The van der Waals surface area contributed by atoms with Gasteiger partial charge in [-0.05, 0) is 68.8 Å². The first-order chi connectivity index (χ1) is 27.8. The molecule has 0 N–H and O–H groups in total. The Labute approximate surface area is 324 Å². The van der Waals surface area contributed by atoms with E-state index < -0.39 is 5.41 Å². The molecule has 0 bridgehead atoms. The number of fused-ring (bicyclic) bond motifs is 6. The van der Waals surface area contributed by atoms with Gasteiger partial charge in [0, 0.05) is 27.5 Å². The first-order valence-corrected chi connectivity index (χ1v) is 18.9. The van der Waals surface area contributed by atoms with E-state index in [0.717, 1.165) is 55.3 Å². The maximum absolute atomic E-state index is 6.34. The summed E-state index contributed by atoms with van der Waals surface area (Å²) in [4.78, 5) is 15.8. The Balaban J connectivity index is 1.17. The molecule has 262 valence electrons. The number of aromatic nitrogens is 3. The van der Waals surface area contributed by atoms with E-state index in [1.54, 1.807) is 0 Å². The van der Waals surface area contributed by atoms with Crippen molar-refractivity contribution in [2.45, 2.75) is 5.41 Å². The molecule has 2 aromatic heterocycles. The predicted molar refractivity (Wildman–Crippen MR) is 226 cm³/mol. The number of hydrogen-bond acceptors (Lipinski definition) is 4. The van der Waals surface area contributed by atoms with Crippen molar-refractivity contribution in [3.05, 3.63) is 222 Å². The molecule has 1 aliphatic rings. The Morgan fingerprint density at radius 1 is 0.339 bits per heavy atom. The molecule has 2 heterocycles. The first kappa shape index (κ1) is 32.0. The maximum Gasteiger partial charge on any atom is 0.164 e. The number of nitrogens with zero attached hydrogens (tertiary/aromatic N) is 3. The van der Waals surface area contributed by atoms with Gasteiger partial charge in [0.2, 0.25) is 0 Å². The highest BCUT2D eigenvalue weighted by Gasteiger charge is 2.47. The van der Waals surface area contributed by atoms with E-state index >= 15 is 0 Å². The Hall–Kier alpha value is -7.43. The van der Waals surface area contributed by atoms with Crippen molar-refractivity contribution >= 4 is 21.9 Å². The van der Waals surface area contributed by atoms with Crippen molar-refractivity contribution in [2.24, 2.45) is 0 Å². The van der Waals surface area contributed by atoms with Crippen molar-refractivity contribution in [1.29, 1.82) is 0 Å². The van der Waals surface area contributed by atoms with Crippen molar-refractivity contribution in [3.8, 4) is 56.4 Å². The second kappa shape index (κ2) is 12.9. The van der Waals surface area contributed by atoms with Crippen LogP contribution < -0.4 is 0 Å². The lowest BCUT2D eigenvalue weighted by Gasteiger charge is -2.33. The summed E-state index contributed by atoms with van der Waals surface area (Å²) in [6.07, 6.45) is 0. The SMILES string of the molecule is c1ccc(-c2cccc(-c3nc(-c4ccc5c(c4)oc4ccccc45)nc(-c4cccc5c4-c4ccccc4C5(c4ccccc4)c4ccccc4)n3)c2)cc1. The molecule has 0 saturated heterocycles. The van der Waals surface area contributed by atoms with Gasteiger partial charge in [0.05, 0.1) is 5.41 Å². The highest BCUT2D eigenvalue weighted by Crippen LogP contribution is 2.58. The smallest absolute Gasteiger partial charge is 0.164 e. The van der Waals surface area contributed by atoms with Crippen LogP contribution in [-0.2, 0) is 5.41 Å². The molecule has 4 nitrogen and oxygen atoms in total. The molecule has 0 amide bonds. The molecule has 56 heavy (non-hydrogen) atoms. The molecule has 0 atom stereocenters. The fourth-order valence-electron chi connectivity index (χ4n) is 8.77. The van der Waals surface area contributed by atoms with E-state index in [0.29, 0.717) is 17.5 Å². The minimum atomic E-state index is -0.542. The van der Waals surface area contributed by atoms with Crippen molar-refractivity contribution in [2.75, 3.05) is 0 Å². The molecule has 8 aromatic carbocycles. The quantitative estimate of drug-likeness (QED) is 0.172. The molecule has 11 rings (SSSR count). The lowest BCUT2D eigenvalue weighted by atomic mass is 9.67. The molecule has 1 aliphatic carbocycles. The molecular formula is C52H33N3O. The zero-order valence-corrected chi connectivity index (χ0v) is 30.3. The normalized spacial score (nSPS) is 12.8. The molecule has 0 radical (unpaired) electrons. The summed E-state index contributed by atoms with van der Waals surface area (Å²) in [6, 6.07) is 70.4. The minimum Gasteiger partial charge on any atom is -0.456 e. The average molecular weight is 716 g/mol. The monoisotopic (exact) mass is 715 g/mol. The standard InChI is InChI=1S/C52H33N3O/c1-4-16-34(17-5-1)35-18-14-19-36(32-35)49-53-50(37-30-31-41-40-24-11-13-29-46(40)56-47(41)33-37)55-51(54-49)43-26-15-28-45-48(43)42-25-10-12-27-44(42)52(45,38-20-6-2-7-21-38)39-22-8-3-9-23-39/h1-33H. The van der Waals surface area contributed by atoms with Crippen LogP contribution in [0.2, 0.25) is 0 Å². The lowest BCUT2D eigenvalue weighted by Crippen LogP contribution is -2.28. The molecule has 0 aliphatic heterocycles. The van der Waals surface area contributed by atoms with Gasteiger partial charge in [-0.1, -0.05) is 176 Å². The Morgan fingerprint density at radius 3 is 1.64 bits per heavy atom. The van der Waals surface area contributed by atoms with Gasteiger partial charge in [-0.15, -0.1) is 0 Å². The second-order valence-corrected chi connectivity index (χ2v) is 14.3. The summed E-state index contributed by atoms with van der Waals surface area (Å²) in [7, 11) is 0. The van der Waals surface area contributed by atoms with Crippen molar-refractivity contribution in [1.82, 2.24) is 15.0 Å². The third-order valence-corrected chi connectivity index (χ3v) is 11.2. The van der Waals surface area contributed by atoms with E-state index in [4.69, 9.17) is 19.4 Å². The molecule has 0 saturated carbocycles. The fourth-order valence-corrected chi connectivity index (χ4v) is 8.77. The van der Waals surface area contributed by atoms with Gasteiger partial charge in [0.1, 0.15) is 11.2 Å². The van der Waals surface area contributed by atoms with Crippen LogP contribution in [0.1, 0.15) is 22.3 Å². The summed E-state index contributed by atoms with van der Waals surface area (Å²) in [5, 5.41) is 2.15. The molecule has 4 heteroatoms. The van der Waals surface area contributed by atoms with E-state index in [1.807, 2.05) is 24.3 Å². The van der Waals surface area contributed by atoms with E-state index in [1.165, 1.54) is 27.8 Å². The molecule has 0 unspecified atom stereocenters. The summed E-state index contributed by atoms with van der Waals surface area (Å²) in [5.74, 6) is 1.80. The maximum atomic E-state index is 6.34. The number of rotatable bonds is 6. The van der Waals surface area contributed by atoms with Gasteiger partial charge >= 0.3 is 0 Å². The van der Waals surface area contributed by atoms with Crippen LogP contribution in [0.15, 0.2) is 205 Å². The summed E-state index contributed by atoms with van der Waals surface area (Å²) in [6.45, 7) is 0. The van der Waals surface area contributed by atoms with Gasteiger partial charge in [-0.3, -0.25) is 0 Å². The number of benzene rings is 8. The molecular weight excluding hydrogens is 683 g/mol. The van der Waals surface area contributed by atoms with Crippen LogP contribution in [-0.4, -0.2) is 15.0 Å². The van der Waals surface area contributed by atoms with Crippen molar-refractivity contribution < 1.29 is 4.42 Å². The number of para-hydroxylation sites is 1. The highest BCUT2D eigenvalue weighted by molar-refractivity contribution is 6.05. The van der Waals surface area contributed by atoms with E-state index in [-0.39, 0.29) is 0 Å². The van der Waals surface area contributed by atoms with Crippen LogP contribution in [0, 0.1) is 0 Å². The predicted octanol–water partition coefficient (Wildman–Crippen LogP) is 12.8. The van der Waals surface area contributed by atoms with Crippen LogP contribution in [0.5, 0.6) is 0 Å². The second-order valence-electron chi connectivity index (χ2n) is 14.3. The average Bonchev–Trinajstić information content (AvgIpc) is 3.81. The van der Waals surface area contributed by atoms with Gasteiger partial charge in [-0.2, -0.15) is 0 Å².